The van der Waals surface area contributed by atoms with Crippen molar-refractivity contribution in [2.45, 2.75) is 12.7 Å². The number of aromatic nitrogens is 4. The summed E-state index contributed by atoms with van der Waals surface area (Å²) in [5.41, 5.74) is 0.813. The number of H-pyrrole nitrogens is 1. The standard InChI is InChI=1S/C23H20ClF3N6O3/c24-17-3-12(5-33(22(17)36)10-23(25,26)27)21(35)32-8-15-13-6-31(7-14(13)16(15)9-32)20(34)11-1-2-18-19(4-11)29-30-28-18/h1-5,13-16H,6-10H2,(H,28,29,30)/t13-,14+,15+,16?/m1/s1. The Hall–Kier alpha value is -3.41. The lowest BCUT2D eigenvalue weighted by Gasteiger charge is -2.42. The fourth-order valence-electron chi connectivity index (χ4n) is 6.07. The van der Waals surface area contributed by atoms with E-state index in [-0.39, 0.29) is 35.1 Å². The molecule has 0 bridgehead atoms. The van der Waals surface area contributed by atoms with Gasteiger partial charge in [-0.15, -0.1) is 0 Å². The van der Waals surface area contributed by atoms with Gasteiger partial charge in [0, 0.05) is 37.9 Å². The molecule has 3 aliphatic rings. The van der Waals surface area contributed by atoms with Crippen molar-refractivity contribution in [3.63, 3.8) is 0 Å². The summed E-state index contributed by atoms with van der Waals surface area (Å²) < 4.78 is 39.0. The van der Waals surface area contributed by atoms with Crippen LogP contribution in [0.4, 0.5) is 13.2 Å². The van der Waals surface area contributed by atoms with Crippen LogP contribution in [0.3, 0.4) is 0 Å². The number of rotatable bonds is 3. The van der Waals surface area contributed by atoms with Crippen LogP contribution in [0.2, 0.25) is 5.02 Å². The number of pyridine rings is 1. The highest BCUT2D eigenvalue weighted by Crippen LogP contribution is 2.54. The summed E-state index contributed by atoms with van der Waals surface area (Å²) in [5, 5.41) is 10.1. The van der Waals surface area contributed by atoms with Crippen LogP contribution >= 0.6 is 11.6 Å². The molecule has 36 heavy (non-hydrogen) atoms. The quantitative estimate of drug-likeness (QED) is 0.571. The molecule has 2 aromatic heterocycles. The van der Waals surface area contributed by atoms with Crippen molar-refractivity contribution in [2.24, 2.45) is 23.7 Å². The zero-order valence-corrected chi connectivity index (χ0v) is 19.5. The summed E-state index contributed by atoms with van der Waals surface area (Å²) in [6, 6.07) is 6.33. The third-order valence-corrected chi connectivity index (χ3v) is 7.97. The lowest BCUT2D eigenvalue weighted by molar-refractivity contribution is -0.141. The molecule has 2 saturated heterocycles. The van der Waals surface area contributed by atoms with E-state index >= 15 is 0 Å². The van der Waals surface area contributed by atoms with E-state index in [0.29, 0.717) is 47.3 Å². The first-order valence-electron chi connectivity index (χ1n) is 11.4. The highest BCUT2D eigenvalue weighted by atomic mass is 35.5. The Bertz CT molecular complexity index is 1430. The Morgan fingerprint density at radius 1 is 0.917 bits per heavy atom. The number of hydrogen-bond acceptors (Lipinski definition) is 5. The van der Waals surface area contributed by atoms with Gasteiger partial charge in [-0.25, -0.2) is 0 Å². The minimum absolute atomic E-state index is 0.0460. The summed E-state index contributed by atoms with van der Waals surface area (Å²) in [7, 11) is 0. The number of aromatic amines is 1. The molecule has 9 nitrogen and oxygen atoms in total. The van der Waals surface area contributed by atoms with Crippen molar-refractivity contribution in [2.75, 3.05) is 26.2 Å². The number of likely N-dealkylation sites (tertiary alicyclic amines) is 2. The normalized spacial score (nSPS) is 25.1. The molecule has 1 aromatic carbocycles. The van der Waals surface area contributed by atoms with Gasteiger partial charge in [-0.05, 0) is 47.9 Å². The van der Waals surface area contributed by atoms with Gasteiger partial charge in [0.1, 0.15) is 22.6 Å². The summed E-state index contributed by atoms with van der Waals surface area (Å²) in [5.74, 6) is 0.430. The van der Waals surface area contributed by atoms with E-state index in [1.165, 1.54) is 0 Å². The van der Waals surface area contributed by atoms with Crippen LogP contribution in [0.25, 0.3) is 11.0 Å². The van der Waals surface area contributed by atoms with Crippen LogP contribution in [0, 0.1) is 23.7 Å². The summed E-state index contributed by atoms with van der Waals surface area (Å²) in [6.45, 7) is 0.564. The molecule has 3 fully saturated rings. The Morgan fingerprint density at radius 2 is 1.47 bits per heavy atom. The molecule has 0 spiro atoms. The molecule has 4 atom stereocenters. The van der Waals surface area contributed by atoms with Gasteiger partial charge in [-0.3, -0.25) is 14.4 Å². The van der Waals surface area contributed by atoms with Gasteiger partial charge in [0.2, 0.25) is 0 Å². The van der Waals surface area contributed by atoms with E-state index in [2.05, 4.69) is 15.4 Å². The maximum Gasteiger partial charge on any atom is 0.406 e. The lowest BCUT2D eigenvalue weighted by atomic mass is 9.60. The topological polar surface area (TPSA) is 104 Å². The number of fused-ring (bicyclic) bond motifs is 5. The van der Waals surface area contributed by atoms with Crippen LogP contribution in [0.1, 0.15) is 20.7 Å². The number of carbonyl (C=O) groups excluding carboxylic acids is 2. The maximum atomic E-state index is 13.1. The Labute approximate surface area is 206 Å². The molecule has 13 heteroatoms. The van der Waals surface area contributed by atoms with Gasteiger partial charge >= 0.3 is 6.18 Å². The second kappa shape index (κ2) is 8.05. The number of nitrogens with zero attached hydrogens (tertiary/aromatic N) is 5. The number of hydrogen-bond donors (Lipinski definition) is 1. The molecular formula is C23H20ClF3N6O3. The minimum atomic E-state index is -4.62. The third-order valence-electron chi connectivity index (χ3n) is 7.70. The second-order valence-electron chi connectivity index (χ2n) is 9.73. The second-order valence-corrected chi connectivity index (χ2v) is 10.1. The number of halogens is 4. The van der Waals surface area contributed by atoms with Gasteiger partial charge < -0.3 is 14.4 Å². The zero-order chi connectivity index (χ0) is 25.4. The van der Waals surface area contributed by atoms with Crippen molar-refractivity contribution in [1.29, 1.82) is 0 Å². The predicted octanol–water partition coefficient (Wildman–Crippen LogP) is 2.43. The van der Waals surface area contributed by atoms with E-state index < -0.39 is 29.2 Å². The molecule has 1 unspecified atom stereocenters. The monoisotopic (exact) mass is 520 g/mol. The molecule has 0 radical (unpaired) electrons. The lowest BCUT2D eigenvalue weighted by Crippen LogP contribution is -2.44. The first-order chi connectivity index (χ1) is 17.1. The van der Waals surface area contributed by atoms with Crippen LogP contribution in [0.5, 0.6) is 0 Å². The number of alkyl halides is 3. The van der Waals surface area contributed by atoms with Gasteiger partial charge in [-0.1, -0.05) is 11.6 Å². The van der Waals surface area contributed by atoms with Crippen LogP contribution in [0.15, 0.2) is 35.3 Å². The molecule has 1 saturated carbocycles. The van der Waals surface area contributed by atoms with Crippen LogP contribution in [-0.2, 0) is 6.54 Å². The SMILES string of the molecule is O=C(c1cc(Cl)c(=O)n(CC(F)(F)F)c1)N1CC2[C@@H](C1)[C@@H]1CN(C(=O)c3ccc4n[nH]nc4c3)C[C@H]21. The molecule has 3 aromatic rings. The molecule has 2 amide bonds. The average Bonchev–Trinajstić information content (AvgIpc) is 3.53. The fraction of sp³-hybridized carbons (Fsp3) is 0.435. The zero-order valence-electron chi connectivity index (χ0n) is 18.7. The number of benzene rings is 1. The van der Waals surface area contributed by atoms with Gasteiger partial charge in [0.15, 0.2) is 0 Å². The molecular weight excluding hydrogens is 501 g/mol. The van der Waals surface area contributed by atoms with Gasteiger partial charge in [-0.2, -0.15) is 28.6 Å². The van der Waals surface area contributed by atoms with E-state index in [0.717, 1.165) is 12.3 Å². The maximum absolute atomic E-state index is 13.1. The highest BCUT2D eigenvalue weighted by Gasteiger charge is 2.59. The summed E-state index contributed by atoms with van der Waals surface area (Å²) >= 11 is 5.85. The van der Waals surface area contributed by atoms with Crippen molar-refractivity contribution < 1.29 is 22.8 Å². The first-order valence-corrected chi connectivity index (χ1v) is 11.8. The van der Waals surface area contributed by atoms with E-state index in [1.54, 1.807) is 23.1 Å². The largest absolute Gasteiger partial charge is 0.406 e. The number of nitrogens with one attached hydrogen (secondary N) is 1. The van der Waals surface area contributed by atoms with Crippen LogP contribution in [-0.4, -0.2) is 73.9 Å². The molecule has 1 N–H and O–H groups in total. The average molecular weight is 521 g/mol. The Balaban J connectivity index is 1.14. The van der Waals surface area contributed by atoms with E-state index in [9.17, 15) is 27.6 Å². The van der Waals surface area contributed by atoms with Crippen molar-refractivity contribution >= 4 is 34.4 Å². The summed E-state index contributed by atoms with van der Waals surface area (Å²) in [4.78, 5) is 41.6. The third kappa shape index (κ3) is 3.74. The predicted molar refractivity (Wildman–Crippen MR) is 121 cm³/mol. The van der Waals surface area contributed by atoms with Gasteiger partial charge in [0.05, 0.1) is 5.56 Å². The molecule has 4 heterocycles. The van der Waals surface area contributed by atoms with Crippen molar-refractivity contribution in [1.82, 2.24) is 29.8 Å². The number of amides is 2. The molecule has 1 aliphatic carbocycles. The van der Waals surface area contributed by atoms with E-state index in [4.69, 9.17) is 11.6 Å². The summed E-state index contributed by atoms with van der Waals surface area (Å²) in [6.07, 6.45) is -3.69. The first kappa shape index (κ1) is 23.0. The number of carbonyl (C=O) groups is 2. The molecule has 188 valence electrons. The molecule has 2 aliphatic heterocycles. The minimum Gasteiger partial charge on any atom is -0.338 e. The highest BCUT2D eigenvalue weighted by molar-refractivity contribution is 6.30. The molecule has 6 rings (SSSR count). The Morgan fingerprint density at radius 3 is 2.06 bits per heavy atom. The smallest absolute Gasteiger partial charge is 0.338 e. The Kier molecular flexibility index (Phi) is 5.15. The van der Waals surface area contributed by atoms with Crippen molar-refractivity contribution in [3.05, 3.63) is 57.0 Å². The van der Waals surface area contributed by atoms with Crippen molar-refractivity contribution in [3.8, 4) is 0 Å². The van der Waals surface area contributed by atoms with E-state index in [1.807, 2.05) is 4.90 Å². The van der Waals surface area contributed by atoms with Crippen LogP contribution < -0.4 is 5.56 Å². The fourth-order valence-corrected chi connectivity index (χ4v) is 6.30. The van der Waals surface area contributed by atoms with Gasteiger partial charge in [0.25, 0.3) is 17.4 Å².